The number of alkyl halides is 3. The van der Waals surface area contributed by atoms with Gasteiger partial charge in [0.1, 0.15) is 0 Å². The van der Waals surface area contributed by atoms with E-state index in [1.54, 1.807) is 6.92 Å². The molecule has 0 saturated carbocycles. The van der Waals surface area contributed by atoms with Crippen molar-refractivity contribution < 1.29 is 33.0 Å². The molecule has 1 aromatic rings. The third kappa shape index (κ3) is 3.52. The number of anilines is 1. The van der Waals surface area contributed by atoms with Crippen LogP contribution in [0, 0.1) is 0 Å². The molecule has 21 heavy (non-hydrogen) atoms. The van der Waals surface area contributed by atoms with Crippen LogP contribution in [-0.2, 0) is 11.2 Å². The number of carboxylic acids is 1. The molecule has 0 heterocycles. The second-order valence-corrected chi connectivity index (χ2v) is 4.55. The highest BCUT2D eigenvalue weighted by atomic mass is 19.4. The van der Waals surface area contributed by atoms with Gasteiger partial charge in [-0.05, 0) is 37.1 Å². The van der Waals surface area contributed by atoms with Crippen molar-refractivity contribution in [2.45, 2.75) is 32.0 Å². The van der Waals surface area contributed by atoms with E-state index in [0.29, 0.717) is 18.9 Å². The quantitative estimate of drug-likeness (QED) is 0.796. The Morgan fingerprint density at radius 2 is 1.86 bits per heavy atom. The molecule has 1 atom stereocenters. The summed E-state index contributed by atoms with van der Waals surface area (Å²) in [5.74, 6) is -2.81. The maximum atomic E-state index is 12.5. The number of halogens is 3. The van der Waals surface area contributed by atoms with Gasteiger partial charge in [0.2, 0.25) is 5.60 Å². The number of carbonyl (C=O) groups excluding carboxylic acids is 1. The minimum Gasteiger partial charge on any atom is -0.478 e. The van der Waals surface area contributed by atoms with Gasteiger partial charge < -0.3 is 15.5 Å². The van der Waals surface area contributed by atoms with Crippen molar-refractivity contribution in [2.24, 2.45) is 0 Å². The van der Waals surface area contributed by atoms with Crippen LogP contribution in [0.15, 0.2) is 18.2 Å². The molecule has 0 saturated heterocycles. The lowest BCUT2D eigenvalue weighted by Crippen LogP contribution is -2.52. The highest BCUT2D eigenvalue weighted by molar-refractivity contribution is 5.98. The zero-order chi connectivity index (χ0) is 16.4. The number of carbonyl (C=O) groups is 2. The number of carboxylic acid groups (broad SMARTS) is 1. The summed E-state index contributed by atoms with van der Waals surface area (Å²) >= 11 is 0. The molecule has 1 unspecified atom stereocenters. The zero-order valence-electron chi connectivity index (χ0n) is 11.3. The smallest absolute Gasteiger partial charge is 0.426 e. The molecule has 5 nitrogen and oxygen atoms in total. The van der Waals surface area contributed by atoms with E-state index in [0.717, 1.165) is 6.07 Å². The maximum absolute atomic E-state index is 12.5. The Balaban J connectivity index is 3.05. The van der Waals surface area contributed by atoms with Crippen molar-refractivity contribution in [3.8, 4) is 0 Å². The van der Waals surface area contributed by atoms with E-state index in [1.165, 1.54) is 12.1 Å². The average Bonchev–Trinajstić information content (AvgIpc) is 2.36. The van der Waals surface area contributed by atoms with Gasteiger partial charge in [-0.2, -0.15) is 13.2 Å². The lowest BCUT2D eigenvalue weighted by Gasteiger charge is -2.25. The third-order valence-electron chi connectivity index (χ3n) is 2.97. The highest BCUT2D eigenvalue weighted by Crippen LogP contribution is 2.31. The number of rotatable bonds is 4. The molecule has 116 valence electrons. The predicted molar refractivity (Wildman–Crippen MR) is 68.1 cm³/mol. The number of amides is 1. The summed E-state index contributed by atoms with van der Waals surface area (Å²) in [6.07, 6.45) is -4.80. The van der Waals surface area contributed by atoms with Gasteiger partial charge in [-0.1, -0.05) is 6.92 Å². The third-order valence-corrected chi connectivity index (χ3v) is 2.97. The standard InChI is InChI=1S/C13H14F3NO4/c1-3-7-6-8(4-5-9(7)10(18)19)17-11(20)12(2,21)13(14,15)16/h4-6,21H,3H2,1-2H3,(H,17,20)(H,18,19). The van der Waals surface area contributed by atoms with Gasteiger partial charge in [-0.3, -0.25) is 4.79 Å². The van der Waals surface area contributed by atoms with E-state index in [9.17, 15) is 27.9 Å². The largest absolute Gasteiger partial charge is 0.478 e. The summed E-state index contributed by atoms with van der Waals surface area (Å²) < 4.78 is 37.5. The molecule has 0 aliphatic rings. The van der Waals surface area contributed by atoms with Gasteiger partial charge in [-0.15, -0.1) is 0 Å². The van der Waals surface area contributed by atoms with E-state index in [-0.39, 0.29) is 11.3 Å². The van der Waals surface area contributed by atoms with Gasteiger partial charge in [0.15, 0.2) is 0 Å². The topological polar surface area (TPSA) is 86.6 Å². The van der Waals surface area contributed by atoms with Gasteiger partial charge in [-0.25, -0.2) is 4.79 Å². The minimum atomic E-state index is -5.12. The van der Waals surface area contributed by atoms with Gasteiger partial charge in [0.25, 0.3) is 5.91 Å². The van der Waals surface area contributed by atoms with Crippen LogP contribution in [0.1, 0.15) is 29.8 Å². The van der Waals surface area contributed by atoms with Gasteiger partial charge in [0.05, 0.1) is 5.56 Å². The first kappa shape index (κ1) is 17.0. The summed E-state index contributed by atoms with van der Waals surface area (Å²) in [6.45, 7) is 2.01. The highest BCUT2D eigenvalue weighted by Gasteiger charge is 2.55. The van der Waals surface area contributed by atoms with Crippen LogP contribution >= 0.6 is 0 Å². The number of nitrogens with one attached hydrogen (secondary N) is 1. The molecular formula is C13H14F3NO4. The fraction of sp³-hybridized carbons (Fsp3) is 0.385. The predicted octanol–water partition coefficient (Wildman–Crippen LogP) is 2.20. The van der Waals surface area contributed by atoms with E-state index in [4.69, 9.17) is 5.11 Å². The van der Waals surface area contributed by atoms with Crippen LogP contribution in [0.2, 0.25) is 0 Å². The van der Waals surface area contributed by atoms with Crippen molar-refractivity contribution >= 4 is 17.6 Å². The molecule has 1 amide bonds. The Kier molecular flexibility index (Phi) is 4.62. The molecule has 0 spiro atoms. The number of hydrogen-bond donors (Lipinski definition) is 3. The molecule has 0 fully saturated rings. The second-order valence-electron chi connectivity index (χ2n) is 4.55. The first-order valence-electron chi connectivity index (χ1n) is 5.97. The van der Waals surface area contributed by atoms with Crippen molar-refractivity contribution in [1.29, 1.82) is 0 Å². The molecule has 3 N–H and O–H groups in total. The summed E-state index contributed by atoms with van der Waals surface area (Å²) in [7, 11) is 0. The number of aryl methyl sites for hydroxylation is 1. The lowest BCUT2D eigenvalue weighted by molar-refractivity contribution is -0.242. The normalized spacial score (nSPS) is 14.4. The van der Waals surface area contributed by atoms with Gasteiger partial charge in [0, 0.05) is 5.69 Å². The molecule has 0 bridgehead atoms. The molecular weight excluding hydrogens is 291 g/mol. The molecule has 1 rings (SSSR count). The van der Waals surface area contributed by atoms with Crippen LogP contribution in [0.3, 0.4) is 0 Å². The molecule has 0 radical (unpaired) electrons. The summed E-state index contributed by atoms with van der Waals surface area (Å²) in [4.78, 5) is 22.4. The van der Waals surface area contributed by atoms with Crippen molar-refractivity contribution in [3.63, 3.8) is 0 Å². The minimum absolute atomic E-state index is 0.00178. The van der Waals surface area contributed by atoms with E-state index in [2.05, 4.69) is 0 Å². The summed E-state index contributed by atoms with van der Waals surface area (Å²) in [6, 6.07) is 3.60. The van der Waals surface area contributed by atoms with Crippen molar-refractivity contribution in [2.75, 3.05) is 5.32 Å². The van der Waals surface area contributed by atoms with Crippen LogP contribution in [0.5, 0.6) is 0 Å². The fourth-order valence-corrected chi connectivity index (χ4v) is 1.55. The maximum Gasteiger partial charge on any atom is 0.426 e. The van der Waals surface area contributed by atoms with E-state index < -0.39 is 23.7 Å². The second kappa shape index (κ2) is 5.72. The number of aromatic carboxylic acids is 1. The number of benzene rings is 1. The lowest BCUT2D eigenvalue weighted by atomic mass is 10.0. The van der Waals surface area contributed by atoms with Crippen LogP contribution in [-0.4, -0.2) is 33.9 Å². The van der Waals surface area contributed by atoms with Crippen LogP contribution in [0.4, 0.5) is 18.9 Å². The number of aliphatic hydroxyl groups is 1. The van der Waals surface area contributed by atoms with Crippen LogP contribution in [0.25, 0.3) is 0 Å². The molecule has 0 aromatic heterocycles. The Hall–Kier alpha value is -2.09. The Morgan fingerprint density at radius 1 is 1.29 bits per heavy atom. The van der Waals surface area contributed by atoms with Crippen molar-refractivity contribution in [1.82, 2.24) is 0 Å². The first-order chi connectivity index (χ1) is 9.50. The monoisotopic (exact) mass is 305 g/mol. The Labute approximate surface area is 118 Å². The SMILES string of the molecule is CCc1cc(NC(=O)C(C)(O)C(F)(F)F)ccc1C(=O)O. The van der Waals surface area contributed by atoms with Crippen LogP contribution < -0.4 is 5.32 Å². The Morgan fingerprint density at radius 3 is 2.29 bits per heavy atom. The summed E-state index contributed by atoms with van der Waals surface area (Å²) in [5, 5.41) is 20.1. The number of hydrogen-bond acceptors (Lipinski definition) is 3. The molecule has 1 aromatic carbocycles. The average molecular weight is 305 g/mol. The molecule has 0 aliphatic heterocycles. The molecule has 8 heteroatoms. The first-order valence-corrected chi connectivity index (χ1v) is 5.97. The fourth-order valence-electron chi connectivity index (χ4n) is 1.55. The van der Waals surface area contributed by atoms with Gasteiger partial charge >= 0.3 is 12.1 Å². The van der Waals surface area contributed by atoms with E-state index >= 15 is 0 Å². The summed E-state index contributed by atoms with van der Waals surface area (Å²) in [5.41, 5.74) is -3.21. The molecule has 0 aliphatic carbocycles. The zero-order valence-corrected chi connectivity index (χ0v) is 11.3. The van der Waals surface area contributed by atoms with Crippen molar-refractivity contribution in [3.05, 3.63) is 29.3 Å². The van der Waals surface area contributed by atoms with E-state index in [1.807, 2.05) is 5.32 Å². The Bertz CT molecular complexity index is 567.